The Kier molecular flexibility index (Phi) is 7.48. The van der Waals surface area contributed by atoms with Crippen molar-refractivity contribution in [2.75, 3.05) is 20.2 Å². The van der Waals surface area contributed by atoms with E-state index >= 15 is 0 Å². The number of carbonyl (C=O) groups excluding carboxylic acids is 1. The Labute approximate surface area is 150 Å². The van der Waals surface area contributed by atoms with Crippen molar-refractivity contribution in [3.8, 4) is 5.75 Å². The minimum Gasteiger partial charge on any atom is -0.494 e. The Morgan fingerprint density at radius 1 is 1.16 bits per heavy atom. The van der Waals surface area contributed by atoms with E-state index in [2.05, 4.69) is 31.3 Å². The monoisotopic (exact) mass is 340 g/mol. The largest absolute Gasteiger partial charge is 0.494 e. The van der Waals surface area contributed by atoms with Crippen molar-refractivity contribution in [2.45, 2.75) is 32.9 Å². The summed E-state index contributed by atoms with van der Waals surface area (Å²) in [5.41, 5.74) is 2.25. The summed E-state index contributed by atoms with van der Waals surface area (Å²) >= 11 is 0. The molecule has 1 unspecified atom stereocenters. The van der Waals surface area contributed by atoms with Crippen LogP contribution in [0.5, 0.6) is 5.75 Å². The Morgan fingerprint density at radius 2 is 1.92 bits per heavy atom. The van der Waals surface area contributed by atoms with E-state index in [0.29, 0.717) is 19.7 Å². The molecule has 2 aromatic carbocycles. The number of rotatable bonds is 9. The molecule has 2 aromatic rings. The minimum atomic E-state index is 0.0187. The molecule has 25 heavy (non-hydrogen) atoms. The van der Waals surface area contributed by atoms with E-state index in [4.69, 9.17) is 4.74 Å². The Morgan fingerprint density at radius 3 is 2.64 bits per heavy atom. The zero-order chi connectivity index (χ0) is 18.1. The summed E-state index contributed by atoms with van der Waals surface area (Å²) in [7, 11) is 1.97. The van der Waals surface area contributed by atoms with Crippen molar-refractivity contribution in [3.05, 3.63) is 65.7 Å². The molecule has 1 amide bonds. The lowest BCUT2D eigenvalue weighted by Crippen LogP contribution is -2.36. The number of nitrogens with one attached hydrogen (secondary N) is 1. The van der Waals surface area contributed by atoms with Crippen molar-refractivity contribution < 1.29 is 9.53 Å². The van der Waals surface area contributed by atoms with Gasteiger partial charge in [0.2, 0.25) is 5.91 Å². The first kappa shape index (κ1) is 19.0. The van der Waals surface area contributed by atoms with Crippen molar-refractivity contribution >= 4 is 5.91 Å². The number of ether oxygens (including phenoxy) is 1. The fraction of sp³-hybridized carbons (Fsp3) is 0.381. The van der Waals surface area contributed by atoms with Crippen LogP contribution in [0, 0.1) is 0 Å². The third-order valence-corrected chi connectivity index (χ3v) is 4.20. The van der Waals surface area contributed by atoms with E-state index in [1.165, 1.54) is 5.56 Å². The van der Waals surface area contributed by atoms with Crippen LogP contribution >= 0.6 is 0 Å². The molecule has 0 bridgehead atoms. The van der Waals surface area contributed by atoms with Gasteiger partial charge in [-0.1, -0.05) is 49.4 Å². The molecule has 134 valence electrons. The van der Waals surface area contributed by atoms with Crippen LogP contribution in [0.25, 0.3) is 0 Å². The Hall–Kier alpha value is -2.33. The first-order valence-corrected chi connectivity index (χ1v) is 8.83. The molecule has 2 rings (SSSR count). The quantitative estimate of drug-likeness (QED) is 0.755. The zero-order valence-corrected chi connectivity index (χ0v) is 15.4. The zero-order valence-electron chi connectivity index (χ0n) is 15.4. The molecule has 0 fully saturated rings. The van der Waals surface area contributed by atoms with Crippen LogP contribution in [0.2, 0.25) is 0 Å². The Bertz CT molecular complexity index is 658. The molecule has 0 aromatic heterocycles. The second kappa shape index (κ2) is 9.84. The molecule has 1 atom stereocenters. The molecule has 0 saturated heterocycles. The number of hydrogen-bond acceptors (Lipinski definition) is 3. The number of carbonyl (C=O) groups is 1. The second-order valence-electron chi connectivity index (χ2n) is 6.27. The average Bonchev–Trinajstić information content (AvgIpc) is 2.65. The van der Waals surface area contributed by atoms with Gasteiger partial charge in [0.15, 0.2) is 0 Å². The van der Waals surface area contributed by atoms with E-state index in [1.807, 2.05) is 54.4 Å². The van der Waals surface area contributed by atoms with Gasteiger partial charge in [-0.3, -0.25) is 9.69 Å². The molecule has 0 spiro atoms. The van der Waals surface area contributed by atoms with Gasteiger partial charge in [0.05, 0.1) is 13.2 Å². The molecule has 0 aliphatic carbocycles. The van der Waals surface area contributed by atoms with Crippen molar-refractivity contribution in [1.29, 1.82) is 0 Å². The minimum absolute atomic E-state index is 0.0187. The number of benzene rings is 2. The van der Waals surface area contributed by atoms with Gasteiger partial charge < -0.3 is 10.1 Å². The maximum absolute atomic E-state index is 12.2. The summed E-state index contributed by atoms with van der Waals surface area (Å²) in [6.45, 7) is 5.77. The SMILES string of the molecule is CCCOc1cccc(CNC(=O)CN(C)C(C)c2ccccc2)c1. The molecular weight excluding hydrogens is 312 g/mol. The number of amides is 1. The topological polar surface area (TPSA) is 41.6 Å². The number of likely N-dealkylation sites (N-methyl/N-ethyl adjacent to an activating group) is 1. The van der Waals surface area contributed by atoms with Crippen molar-refractivity contribution in [2.24, 2.45) is 0 Å². The van der Waals surface area contributed by atoms with Gasteiger partial charge >= 0.3 is 0 Å². The van der Waals surface area contributed by atoms with Crippen LogP contribution in [0.1, 0.15) is 37.4 Å². The molecule has 0 radical (unpaired) electrons. The molecule has 0 heterocycles. The van der Waals surface area contributed by atoms with Gasteiger partial charge in [0.25, 0.3) is 0 Å². The van der Waals surface area contributed by atoms with Crippen LogP contribution in [0.15, 0.2) is 54.6 Å². The Balaban J connectivity index is 1.82. The highest BCUT2D eigenvalue weighted by atomic mass is 16.5. The van der Waals surface area contributed by atoms with E-state index in [1.54, 1.807) is 0 Å². The third-order valence-electron chi connectivity index (χ3n) is 4.20. The predicted molar refractivity (Wildman–Crippen MR) is 102 cm³/mol. The molecular formula is C21H28N2O2. The van der Waals surface area contributed by atoms with E-state index in [0.717, 1.165) is 17.7 Å². The van der Waals surface area contributed by atoms with E-state index in [9.17, 15) is 4.79 Å². The van der Waals surface area contributed by atoms with Crippen LogP contribution in [-0.2, 0) is 11.3 Å². The van der Waals surface area contributed by atoms with Crippen LogP contribution < -0.4 is 10.1 Å². The van der Waals surface area contributed by atoms with Crippen LogP contribution in [0.3, 0.4) is 0 Å². The smallest absolute Gasteiger partial charge is 0.234 e. The molecule has 4 nitrogen and oxygen atoms in total. The summed E-state index contributed by atoms with van der Waals surface area (Å²) in [5, 5.41) is 2.98. The van der Waals surface area contributed by atoms with Gasteiger partial charge in [-0.2, -0.15) is 0 Å². The highest BCUT2D eigenvalue weighted by Gasteiger charge is 2.14. The summed E-state index contributed by atoms with van der Waals surface area (Å²) < 4.78 is 5.63. The highest BCUT2D eigenvalue weighted by molar-refractivity contribution is 5.78. The molecule has 0 saturated carbocycles. The number of hydrogen-bond donors (Lipinski definition) is 1. The highest BCUT2D eigenvalue weighted by Crippen LogP contribution is 2.17. The van der Waals surface area contributed by atoms with Crippen molar-refractivity contribution in [1.82, 2.24) is 10.2 Å². The summed E-state index contributed by atoms with van der Waals surface area (Å²) in [6, 6.07) is 18.3. The lowest BCUT2D eigenvalue weighted by Gasteiger charge is -2.24. The first-order chi connectivity index (χ1) is 12.1. The van der Waals surface area contributed by atoms with Gasteiger partial charge in [-0.25, -0.2) is 0 Å². The third kappa shape index (κ3) is 6.24. The van der Waals surface area contributed by atoms with E-state index in [-0.39, 0.29) is 11.9 Å². The lowest BCUT2D eigenvalue weighted by atomic mass is 10.1. The average molecular weight is 340 g/mol. The first-order valence-electron chi connectivity index (χ1n) is 8.83. The van der Waals surface area contributed by atoms with Gasteiger partial charge in [-0.05, 0) is 43.7 Å². The second-order valence-corrected chi connectivity index (χ2v) is 6.27. The van der Waals surface area contributed by atoms with Crippen molar-refractivity contribution in [3.63, 3.8) is 0 Å². The van der Waals surface area contributed by atoms with E-state index < -0.39 is 0 Å². The normalized spacial score (nSPS) is 12.0. The van der Waals surface area contributed by atoms with Crippen LogP contribution in [0.4, 0.5) is 0 Å². The lowest BCUT2D eigenvalue weighted by molar-refractivity contribution is -0.122. The summed E-state index contributed by atoms with van der Waals surface area (Å²) in [5.74, 6) is 0.869. The molecule has 1 N–H and O–H groups in total. The fourth-order valence-electron chi connectivity index (χ4n) is 2.57. The molecule has 4 heteroatoms. The summed E-state index contributed by atoms with van der Waals surface area (Å²) in [4.78, 5) is 14.3. The molecule has 0 aliphatic heterocycles. The maximum Gasteiger partial charge on any atom is 0.234 e. The molecule has 0 aliphatic rings. The fourth-order valence-corrected chi connectivity index (χ4v) is 2.57. The summed E-state index contributed by atoms with van der Waals surface area (Å²) in [6.07, 6.45) is 0.979. The predicted octanol–water partition coefficient (Wildman–Crippen LogP) is 3.78. The standard InChI is InChI=1S/C21H28N2O2/c1-4-13-25-20-12-8-9-18(14-20)15-22-21(24)16-23(3)17(2)19-10-6-5-7-11-19/h5-12,14,17H,4,13,15-16H2,1-3H3,(H,22,24). The maximum atomic E-state index is 12.2. The van der Waals surface area contributed by atoms with Gasteiger partial charge in [0.1, 0.15) is 5.75 Å². The van der Waals surface area contributed by atoms with Gasteiger partial charge in [-0.15, -0.1) is 0 Å². The number of nitrogens with zero attached hydrogens (tertiary/aromatic N) is 1. The van der Waals surface area contributed by atoms with Crippen LogP contribution in [-0.4, -0.2) is 31.0 Å². The van der Waals surface area contributed by atoms with Gasteiger partial charge in [0, 0.05) is 12.6 Å².